The summed E-state index contributed by atoms with van der Waals surface area (Å²) >= 11 is 3.20. The molecule has 0 unspecified atom stereocenters. The molecule has 0 bridgehead atoms. The smallest absolute Gasteiger partial charge is 0.330 e. The number of phenolic OH excluding ortho intramolecular Hbond substituents is 1. The highest BCUT2D eigenvalue weighted by molar-refractivity contribution is 9.10. The molecule has 1 aromatic carbocycles. The van der Waals surface area contributed by atoms with Gasteiger partial charge in [-0.05, 0) is 41.1 Å². The van der Waals surface area contributed by atoms with Crippen LogP contribution in [0.15, 0.2) is 22.7 Å². The van der Waals surface area contributed by atoms with Crippen molar-refractivity contribution in [2.75, 3.05) is 13.7 Å². The van der Waals surface area contributed by atoms with Crippen molar-refractivity contribution in [2.24, 2.45) is 0 Å². The highest BCUT2D eigenvalue weighted by Crippen LogP contribution is 2.33. The van der Waals surface area contributed by atoms with E-state index in [0.29, 0.717) is 22.4 Å². The molecule has 92 valence electrons. The maximum absolute atomic E-state index is 11.1. The molecule has 0 aliphatic heterocycles. The molecule has 5 heteroatoms. The van der Waals surface area contributed by atoms with E-state index in [9.17, 15) is 9.90 Å². The number of halogens is 1. The number of rotatable bonds is 4. The van der Waals surface area contributed by atoms with Crippen molar-refractivity contribution in [2.45, 2.75) is 6.92 Å². The van der Waals surface area contributed by atoms with Gasteiger partial charge in [0.1, 0.15) is 11.5 Å². The van der Waals surface area contributed by atoms with Gasteiger partial charge in [0.25, 0.3) is 0 Å². The normalized spacial score (nSPS) is 10.5. The lowest BCUT2D eigenvalue weighted by Crippen LogP contribution is -1.98. The summed E-state index contributed by atoms with van der Waals surface area (Å²) < 4.78 is 10.3. The molecule has 4 nitrogen and oxygen atoms in total. The van der Waals surface area contributed by atoms with Gasteiger partial charge in [-0.3, -0.25) is 0 Å². The van der Waals surface area contributed by atoms with E-state index >= 15 is 0 Å². The van der Waals surface area contributed by atoms with Crippen LogP contribution in [0.3, 0.4) is 0 Å². The molecule has 1 rings (SSSR count). The predicted octanol–water partition coefficient (Wildman–Crippen LogP) is 2.74. The highest BCUT2D eigenvalue weighted by Gasteiger charge is 2.06. The van der Waals surface area contributed by atoms with E-state index in [1.165, 1.54) is 19.3 Å². The third-order valence-corrected chi connectivity index (χ3v) is 2.59. The lowest BCUT2D eigenvalue weighted by Gasteiger charge is -2.06. The molecule has 0 atom stereocenters. The molecule has 0 aliphatic carbocycles. The number of aromatic hydroxyl groups is 1. The van der Waals surface area contributed by atoms with Crippen molar-refractivity contribution >= 4 is 28.0 Å². The first-order valence-corrected chi connectivity index (χ1v) is 5.79. The van der Waals surface area contributed by atoms with Gasteiger partial charge in [0, 0.05) is 11.6 Å². The summed E-state index contributed by atoms with van der Waals surface area (Å²) in [5, 5.41) is 9.75. The van der Waals surface area contributed by atoms with Gasteiger partial charge in [0.15, 0.2) is 0 Å². The molecule has 0 radical (unpaired) electrons. The maximum Gasteiger partial charge on any atom is 0.330 e. The van der Waals surface area contributed by atoms with E-state index in [0.717, 1.165) is 0 Å². The molecule has 17 heavy (non-hydrogen) atoms. The van der Waals surface area contributed by atoms with E-state index in [2.05, 4.69) is 15.9 Å². The molecular formula is C12H13BrO4. The van der Waals surface area contributed by atoms with E-state index in [-0.39, 0.29) is 5.75 Å². The molecule has 0 saturated heterocycles. The van der Waals surface area contributed by atoms with E-state index in [1.807, 2.05) is 0 Å². The number of carbonyl (C=O) groups excluding carboxylic acids is 1. The summed E-state index contributed by atoms with van der Waals surface area (Å²) in [7, 11) is 1.53. The van der Waals surface area contributed by atoms with Crippen LogP contribution >= 0.6 is 15.9 Å². The van der Waals surface area contributed by atoms with Crippen LogP contribution in [0.25, 0.3) is 6.08 Å². The van der Waals surface area contributed by atoms with Crippen LogP contribution in [0, 0.1) is 0 Å². The van der Waals surface area contributed by atoms with Gasteiger partial charge >= 0.3 is 5.97 Å². The predicted molar refractivity (Wildman–Crippen MR) is 68.0 cm³/mol. The van der Waals surface area contributed by atoms with E-state index < -0.39 is 5.97 Å². The fourth-order valence-electron chi connectivity index (χ4n) is 1.19. The fraction of sp³-hybridized carbons (Fsp3) is 0.250. The van der Waals surface area contributed by atoms with Gasteiger partial charge in [-0.25, -0.2) is 4.79 Å². The molecule has 0 aliphatic rings. The maximum atomic E-state index is 11.1. The van der Waals surface area contributed by atoms with Gasteiger partial charge in [-0.2, -0.15) is 0 Å². The molecule has 0 spiro atoms. The largest absolute Gasteiger partial charge is 0.506 e. The molecule has 0 fully saturated rings. The molecule has 0 aromatic heterocycles. The first-order chi connectivity index (χ1) is 8.08. The van der Waals surface area contributed by atoms with Crippen LogP contribution in [0.2, 0.25) is 0 Å². The van der Waals surface area contributed by atoms with Crippen LogP contribution < -0.4 is 4.74 Å². The average molecular weight is 301 g/mol. The van der Waals surface area contributed by atoms with Crippen LogP contribution in [0.1, 0.15) is 12.5 Å². The standard InChI is InChI=1S/C12H13BrO4/c1-3-17-11(14)5-4-8-6-9(16-2)7-10(13)12(8)15/h4-7,15H,3H2,1-2H3. The highest BCUT2D eigenvalue weighted by atomic mass is 79.9. The van der Waals surface area contributed by atoms with Gasteiger partial charge in [-0.1, -0.05) is 0 Å². The molecular weight excluding hydrogens is 288 g/mol. The van der Waals surface area contributed by atoms with Crippen molar-refractivity contribution in [1.29, 1.82) is 0 Å². The number of carbonyl (C=O) groups is 1. The zero-order valence-corrected chi connectivity index (χ0v) is 11.2. The van der Waals surface area contributed by atoms with Gasteiger partial charge < -0.3 is 14.6 Å². The molecule has 0 amide bonds. The summed E-state index contributed by atoms with van der Waals surface area (Å²) in [5.74, 6) is 0.176. The average Bonchev–Trinajstić information content (AvgIpc) is 2.31. The SMILES string of the molecule is CCOC(=O)C=Cc1cc(OC)cc(Br)c1O. The minimum absolute atomic E-state index is 0.0475. The number of ether oxygens (including phenoxy) is 2. The van der Waals surface area contributed by atoms with Crippen molar-refractivity contribution < 1.29 is 19.4 Å². The minimum atomic E-state index is -0.453. The first kappa shape index (κ1) is 13.6. The second-order valence-electron chi connectivity index (χ2n) is 3.13. The monoisotopic (exact) mass is 300 g/mol. The van der Waals surface area contributed by atoms with Crippen molar-refractivity contribution in [3.05, 3.63) is 28.2 Å². The van der Waals surface area contributed by atoms with Crippen LogP contribution in [-0.4, -0.2) is 24.8 Å². The van der Waals surface area contributed by atoms with Crippen molar-refractivity contribution in [3.63, 3.8) is 0 Å². The van der Waals surface area contributed by atoms with Gasteiger partial charge in [0.05, 0.1) is 18.2 Å². The Balaban J connectivity index is 2.97. The Morgan fingerprint density at radius 1 is 1.53 bits per heavy atom. The Morgan fingerprint density at radius 3 is 2.82 bits per heavy atom. The van der Waals surface area contributed by atoms with Crippen molar-refractivity contribution in [1.82, 2.24) is 0 Å². The quantitative estimate of drug-likeness (QED) is 0.686. The summed E-state index contributed by atoms with van der Waals surface area (Å²) in [6.07, 6.45) is 2.73. The van der Waals surface area contributed by atoms with Crippen LogP contribution in [0.5, 0.6) is 11.5 Å². The molecule has 0 saturated carbocycles. The number of hydrogen-bond acceptors (Lipinski definition) is 4. The zero-order chi connectivity index (χ0) is 12.8. The van der Waals surface area contributed by atoms with Crippen LogP contribution in [-0.2, 0) is 9.53 Å². The summed E-state index contributed by atoms with van der Waals surface area (Å²) in [6.45, 7) is 2.04. The molecule has 0 heterocycles. The Labute approximate surface area is 108 Å². The summed E-state index contributed by atoms with van der Waals surface area (Å²) in [5.41, 5.74) is 0.476. The lowest BCUT2D eigenvalue weighted by molar-refractivity contribution is -0.137. The summed E-state index contributed by atoms with van der Waals surface area (Å²) in [6, 6.07) is 3.26. The number of benzene rings is 1. The lowest BCUT2D eigenvalue weighted by atomic mass is 10.1. The van der Waals surface area contributed by atoms with E-state index in [4.69, 9.17) is 9.47 Å². The number of esters is 1. The Kier molecular flexibility index (Phi) is 5.03. The zero-order valence-electron chi connectivity index (χ0n) is 9.57. The Morgan fingerprint density at radius 2 is 2.24 bits per heavy atom. The fourth-order valence-corrected chi connectivity index (χ4v) is 1.64. The third kappa shape index (κ3) is 3.78. The Hall–Kier alpha value is -1.49. The molecule has 1 N–H and O–H groups in total. The third-order valence-electron chi connectivity index (χ3n) is 1.99. The summed E-state index contributed by atoms with van der Waals surface area (Å²) in [4.78, 5) is 11.1. The Bertz CT molecular complexity index is 440. The number of hydrogen-bond donors (Lipinski definition) is 1. The van der Waals surface area contributed by atoms with Crippen molar-refractivity contribution in [3.8, 4) is 11.5 Å². The number of phenols is 1. The van der Waals surface area contributed by atoms with Gasteiger partial charge in [0.2, 0.25) is 0 Å². The first-order valence-electron chi connectivity index (χ1n) is 4.99. The minimum Gasteiger partial charge on any atom is -0.506 e. The molecule has 1 aromatic rings. The number of methoxy groups -OCH3 is 1. The topological polar surface area (TPSA) is 55.8 Å². The second kappa shape index (κ2) is 6.30. The van der Waals surface area contributed by atoms with E-state index in [1.54, 1.807) is 19.1 Å². The van der Waals surface area contributed by atoms with Gasteiger partial charge in [-0.15, -0.1) is 0 Å². The second-order valence-corrected chi connectivity index (χ2v) is 3.99. The van der Waals surface area contributed by atoms with Crippen LogP contribution in [0.4, 0.5) is 0 Å².